The third-order valence-corrected chi connectivity index (χ3v) is 3.59. The Hall–Kier alpha value is -0.690. The molecule has 2 aliphatic rings. The maximum absolute atomic E-state index is 11.6. The number of nitrogens with zero attached hydrogens (tertiary/aromatic N) is 2. The van der Waals surface area contributed by atoms with E-state index in [1.54, 1.807) is 0 Å². The summed E-state index contributed by atoms with van der Waals surface area (Å²) in [7, 11) is 0. The molecule has 1 amide bonds. The molecule has 2 bridgehead atoms. The van der Waals surface area contributed by atoms with Gasteiger partial charge in [-0.05, 0) is 19.3 Å². The molecule has 2 aliphatic heterocycles. The van der Waals surface area contributed by atoms with Crippen LogP contribution in [0.3, 0.4) is 0 Å². The smallest absolute Gasteiger partial charge is 0.251 e. The third-order valence-electron chi connectivity index (χ3n) is 3.59. The summed E-state index contributed by atoms with van der Waals surface area (Å²) in [6.07, 6.45) is 4.08. The molecule has 3 atom stereocenters. The van der Waals surface area contributed by atoms with E-state index in [0.717, 1.165) is 38.8 Å². The quantitative estimate of drug-likeness (QED) is 0.303. The monoisotopic (exact) mass is 242 g/mol. The van der Waals surface area contributed by atoms with Crippen LogP contribution in [0.4, 0.5) is 0 Å². The molecule has 17 heavy (non-hydrogen) atoms. The number of nitrogens with one attached hydrogen (secondary N) is 1. The zero-order chi connectivity index (χ0) is 12.3. The number of amides is 1. The van der Waals surface area contributed by atoms with E-state index >= 15 is 0 Å². The molecule has 6 heteroatoms. The normalized spacial score (nSPS) is 32.7. The topological polar surface area (TPSA) is 70.8 Å². The van der Waals surface area contributed by atoms with Gasteiger partial charge in [-0.15, -0.1) is 0 Å². The number of carbonyl (C=O) groups excluding carboxylic acids is 1. The maximum Gasteiger partial charge on any atom is 0.251 e. The summed E-state index contributed by atoms with van der Waals surface area (Å²) in [5.74, 6) is 5.11. The summed E-state index contributed by atoms with van der Waals surface area (Å²) in [5.41, 5.74) is 2.24. The van der Waals surface area contributed by atoms with Crippen LogP contribution in [-0.2, 0) is 9.63 Å². The minimum atomic E-state index is -0.0870. The van der Waals surface area contributed by atoms with Gasteiger partial charge in [-0.25, -0.2) is 5.84 Å². The first-order chi connectivity index (χ1) is 8.26. The predicted molar refractivity (Wildman–Crippen MR) is 63.4 cm³/mol. The van der Waals surface area contributed by atoms with E-state index < -0.39 is 0 Å². The Bertz CT molecular complexity index is 274. The minimum Gasteiger partial charge on any atom is -0.297 e. The fraction of sp³-hybridized carbons (Fsp3) is 0.909. The molecule has 1 unspecified atom stereocenters. The number of hydrazine groups is 1. The molecule has 0 aromatic heterocycles. The molecule has 3 N–H and O–H groups in total. The summed E-state index contributed by atoms with van der Waals surface area (Å²) >= 11 is 0. The molecule has 0 aliphatic carbocycles. The van der Waals surface area contributed by atoms with Gasteiger partial charge in [-0.1, -0.05) is 13.3 Å². The molecule has 0 aromatic carbocycles. The Labute approximate surface area is 102 Å². The number of rotatable bonds is 5. The van der Waals surface area contributed by atoms with Gasteiger partial charge in [0, 0.05) is 12.6 Å². The van der Waals surface area contributed by atoms with E-state index in [4.69, 9.17) is 10.7 Å². The van der Waals surface area contributed by atoms with Gasteiger partial charge in [0.05, 0.1) is 19.3 Å². The molecule has 6 nitrogen and oxygen atoms in total. The van der Waals surface area contributed by atoms with Crippen LogP contribution in [0.15, 0.2) is 0 Å². The molecule has 2 rings (SSSR count). The van der Waals surface area contributed by atoms with Crippen LogP contribution in [-0.4, -0.2) is 47.8 Å². The highest BCUT2D eigenvalue weighted by atomic mass is 16.7. The maximum atomic E-state index is 11.6. The Morgan fingerprint density at radius 3 is 3.06 bits per heavy atom. The van der Waals surface area contributed by atoms with Gasteiger partial charge in [0.25, 0.3) is 5.91 Å². The molecular formula is C11H22N4O2. The Balaban J connectivity index is 1.85. The number of nitrogens with two attached hydrogens (primary N) is 1. The highest BCUT2D eigenvalue weighted by molar-refractivity contribution is 5.81. The SMILES string of the molecule is CCCCON1CN2C[C@@H]1CC[C@H]2C(=O)NN. The zero-order valence-electron chi connectivity index (χ0n) is 10.4. The van der Waals surface area contributed by atoms with Gasteiger partial charge in [0.2, 0.25) is 0 Å². The van der Waals surface area contributed by atoms with Crippen LogP contribution in [0.25, 0.3) is 0 Å². The fourth-order valence-corrected chi connectivity index (χ4v) is 2.57. The minimum absolute atomic E-state index is 0.0844. The van der Waals surface area contributed by atoms with Gasteiger partial charge < -0.3 is 0 Å². The number of piperidine rings is 1. The van der Waals surface area contributed by atoms with Gasteiger partial charge in [0.15, 0.2) is 0 Å². The van der Waals surface area contributed by atoms with Gasteiger partial charge in [0.1, 0.15) is 0 Å². The summed E-state index contributed by atoms with van der Waals surface area (Å²) in [4.78, 5) is 19.5. The van der Waals surface area contributed by atoms with Crippen LogP contribution in [0.2, 0.25) is 0 Å². The van der Waals surface area contributed by atoms with Crippen molar-refractivity contribution in [3.05, 3.63) is 0 Å². The van der Waals surface area contributed by atoms with Crippen LogP contribution >= 0.6 is 0 Å². The average molecular weight is 242 g/mol. The lowest BCUT2D eigenvalue weighted by atomic mass is 10.0. The highest BCUT2D eigenvalue weighted by Crippen LogP contribution is 2.28. The Morgan fingerprint density at radius 1 is 1.53 bits per heavy atom. The molecule has 0 aromatic rings. The molecule has 98 valence electrons. The lowest BCUT2D eigenvalue weighted by Crippen LogP contribution is -2.50. The number of hydroxylamine groups is 2. The zero-order valence-corrected chi connectivity index (χ0v) is 10.4. The number of hydrogen-bond donors (Lipinski definition) is 2. The van der Waals surface area contributed by atoms with Gasteiger partial charge >= 0.3 is 0 Å². The second-order valence-corrected chi connectivity index (χ2v) is 4.77. The number of carbonyl (C=O) groups is 1. The molecular weight excluding hydrogens is 220 g/mol. The van der Waals surface area contributed by atoms with Crippen LogP contribution in [0.5, 0.6) is 0 Å². The van der Waals surface area contributed by atoms with E-state index in [9.17, 15) is 4.79 Å². The number of unbranched alkanes of at least 4 members (excludes halogenated alkanes) is 1. The van der Waals surface area contributed by atoms with Crippen molar-refractivity contribution in [2.24, 2.45) is 5.84 Å². The largest absolute Gasteiger partial charge is 0.297 e. The second kappa shape index (κ2) is 5.77. The van der Waals surface area contributed by atoms with E-state index in [1.165, 1.54) is 0 Å². The van der Waals surface area contributed by atoms with Crippen molar-refractivity contribution in [3.8, 4) is 0 Å². The molecule has 2 fully saturated rings. The van der Waals surface area contributed by atoms with E-state index in [1.807, 2.05) is 5.06 Å². The average Bonchev–Trinajstić information content (AvgIpc) is 2.66. The number of fused-ring (bicyclic) bond motifs is 2. The first-order valence-corrected chi connectivity index (χ1v) is 6.40. The Kier molecular flexibility index (Phi) is 4.33. The van der Waals surface area contributed by atoms with Crippen molar-refractivity contribution in [1.29, 1.82) is 0 Å². The van der Waals surface area contributed by atoms with Crippen molar-refractivity contribution in [1.82, 2.24) is 15.4 Å². The van der Waals surface area contributed by atoms with Crippen molar-refractivity contribution in [2.75, 3.05) is 19.8 Å². The first kappa shape index (κ1) is 12.8. The van der Waals surface area contributed by atoms with E-state index in [2.05, 4.69) is 17.2 Å². The molecule has 0 saturated carbocycles. The van der Waals surface area contributed by atoms with Gasteiger partial charge in [-0.2, -0.15) is 5.06 Å². The molecule has 2 heterocycles. The summed E-state index contributed by atoms with van der Waals surface area (Å²) < 4.78 is 0. The molecule has 0 radical (unpaired) electrons. The lowest BCUT2D eigenvalue weighted by Gasteiger charge is -2.29. The summed E-state index contributed by atoms with van der Waals surface area (Å²) in [5, 5.41) is 2.03. The highest BCUT2D eigenvalue weighted by Gasteiger charge is 2.42. The Morgan fingerprint density at radius 2 is 2.35 bits per heavy atom. The first-order valence-electron chi connectivity index (χ1n) is 6.40. The van der Waals surface area contributed by atoms with Crippen molar-refractivity contribution >= 4 is 5.91 Å². The van der Waals surface area contributed by atoms with Crippen LogP contribution in [0.1, 0.15) is 32.6 Å². The van der Waals surface area contributed by atoms with Crippen molar-refractivity contribution in [3.63, 3.8) is 0 Å². The predicted octanol–water partition coefficient (Wildman–Crippen LogP) is -0.186. The lowest BCUT2D eigenvalue weighted by molar-refractivity contribution is -0.172. The van der Waals surface area contributed by atoms with Crippen LogP contribution < -0.4 is 11.3 Å². The van der Waals surface area contributed by atoms with Gasteiger partial charge in [-0.3, -0.25) is 20.0 Å². The summed E-state index contributed by atoms with van der Waals surface area (Å²) in [6, 6.07) is 0.352. The second-order valence-electron chi connectivity index (χ2n) is 4.77. The molecule has 0 spiro atoms. The van der Waals surface area contributed by atoms with E-state index in [0.29, 0.717) is 12.7 Å². The van der Waals surface area contributed by atoms with E-state index in [-0.39, 0.29) is 11.9 Å². The van der Waals surface area contributed by atoms with Crippen molar-refractivity contribution in [2.45, 2.75) is 44.7 Å². The summed E-state index contributed by atoms with van der Waals surface area (Å²) in [6.45, 7) is 4.54. The third kappa shape index (κ3) is 2.77. The fourth-order valence-electron chi connectivity index (χ4n) is 2.57. The van der Waals surface area contributed by atoms with Crippen molar-refractivity contribution < 1.29 is 9.63 Å². The standard InChI is InChI=1S/C11H22N4O2/c1-2-3-6-17-15-8-14-7-9(15)4-5-10(14)11(16)13-12/h9-10H,2-8,12H2,1H3,(H,13,16)/t9-,10-/m0/s1. The van der Waals surface area contributed by atoms with Crippen LogP contribution in [0, 0.1) is 0 Å². The number of hydrogen-bond acceptors (Lipinski definition) is 5. The molecule has 2 saturated heterocycles.